The first kappa shape index (κ1) is 41.0. The highest BCUT2D eigenvalue weighted by atomic mass is 32.2. The Hall–Kier alpha value is -4.63. The van der Waals surface area contributed by atoms with E-state index in [-0.39, 0.29) is 27.0 Å². The first-order valence-electron chi connectivity index (χ1n) is 18.5. The third-order valence-corrected chi connectivity index (χ3v) is 16.1. The van der Waals surface area contributed by atoms with Gasteiger partial charge in [0.2, 0.25) is 9.84 Å². The number of sulfone groups is 1. The Balaban J connectivity index is 1.22. The third-order valence-electron chi connectivity index (χ3n) is 10.6. The van der Waals surface area contributed by atoms with Gasteiger partial charge in [0.25, 0.3) is 10.2 Å². The number of ether oxygens (including phenoxy) is 1. The standard InChI is InChI=1S/C43H48N4O6S3/c1-7-33-25-29-46(30-26-33)54(6,48)44-37-13-21-41(22-14-37)55(49,50)42-23-15-38(16-24-42)45-56(51,47-31-27-34(8-2)28-32-47)53-40-19-11-36(12-20-40)43(3,4)35-9-17-39(52-5)18-10-35/h1-2,9-24,33-34H,25-32H2,3-6H3. The molecule has 2 saturated heterocycles. The molecule has 0 bridgehead atoms. The summed E-state index contributed by atoms with van der Waals surface area (Å²) < 4.78 is 79.6. The number of nitrogens with zero attached hydrogens (tertiary/aromatic N) is 4. The first-order valence-corrected chi connectivity index (χ1v) is 23.2. The molecule has 0 saturated carbocycles. The van der Waals surface area contributed by atoms with E-state index >= 15 is 0 Å². The Bertz CT molecular complexity index is 2450. The van der Waals surface area contributed by atoms with Crippen LogP contribution in [0.3, 0.4) is 0 Å². The van der Waals surface area contributed by atoms with E-state index < -0.39 is 29.9 Å². The molecule has 2 heterocycles. The fourth-order valence-corrected chi connectivity index (χ4v) is 11.3. The van der Waals surface area contributed by atoms with Crippen LogP contribution in [0, 0.1) is 36.5 Å². The zero-order chi connectivity index (χ0) is 40.1. The molecule has 13 heteroatoms. The van der Waals surface area contributed by atoms with Gasteiger partial charge in [-0.1, -0.05) is 38.1 Å². The van der Waals surface area contributed by atoms with E-state index in [9.17, 15) is 16.8 Å². The summed E-state index contributed by atoms with van der Waals surface area (Å²) in [6.07, 6.45) is 15.6. The van der Waals surface area contributed by atoms with Crippen molar-refractivity contribution in [1.29, 1.82) is 0 Å². The van der Waals surface area contributed by atoms with Crippen LogP contribution in [0.2, 0.25) is 0 Å². The maximum atomic E-state index is 14.7. The van der Waals surface area contributed by atoms with Crippen LogP contribution < -0.4 is 8.92 Å². The minimum atomic E-state index is -3.93. The van der Waals surface area contributed by atoms with Gasteiger partial charge < -0.3 is 8.92 Å². The maximum absolute atomic E-state index is 14.7. The van der Waals surface area contributed by atoms with Gasteiger partial charge in [-0.25, -0.2) is 16.9 Å². The highest BCUT2D eigenvalue weighted by Gasteiger charge is 2.30. The second kappa shape index (κ2) is 16.8. The molecule has 4 aromatic rings. The quantitative estimate of drug-likeness (QED) is 0.141. The van der Waals surface area contributed by atoms with Crippen molar-refractivity contribution < 1.29 is 25.8 Å². The summed E-state index contributed by atoms with van der Waals surface area (Å²) in [5, 5.41) is 0. The molecule has 0 aliphatic carbocycles. The van der Waals surface area contributed by atoms with E-state index in [1.165, 1.54) is 36.4 Å². The molecule has 6 rings (SSSR count). The number of piperidine rings is 2. The van der Waals surface area contributed by atoms with Crippen LogP contribution in [-0.4, -0.2) is 65.0 Å². The smallest absolute Gasteiger partial charge is 0.283 e. The molecule has 2 fully saturated rings. The summed E-state index contributed by atoms with van der Waals surface area (Å²) in [6.45, 7) is 6.28. The number of hydrogen-bond donors (Lipinski definition) is 0. The van der Waals surface area contributed by atoms with Crippen LogP contribution >= 0.6 is 0 Å². The van der Waals surface area contributed by atoms with E-state index in [1.807, 2.05) is 40.7 Å². The summed E-state index contributed by atoms with van der Waals surface area (Å²) in [5.74, 6) is 6.99. The average molecular weight is 813 g/mol. The van der Waals surface area contributed by atoms with Crippen LogP contribution in [-0.2, 0) is 35.4 Å². The van der Waals surface area contributed by atoms with Crippen LogP contribution in [0.5, 0.6) is 11.5 Å². The monoisotopic (exact) mass is 812 g/mol. The lowest BCUT2D eigenvalue weighted by Crippen LogP contribution is -2.40. The third kappa shape index (κ3) is 9.15. The Morgan fingerprint density at radius 3 is 1.46 bits per heavy atom. The Morgan fingerprint density at radius 1 is 0.625 bits per heavy atom. The second-order valence-corrected chi connectivity index (χ2v) is 20.5. The van der Waals surface area contributed by atoms with Gasteiger partial charge in [0.1, 0.15) is 21.4 Å². The molecule has 10 nitrogen and oxygen atoms in total. The minimum absolute atomic E-state index is 0.0362. The molecule has 56 heavy (non-hydrogen) atoms. The molecule has 2 atom stereocenters. The predicted octanol–water partition coefficient (Wildman–Crippen LogP) is 8.20. The molecular formula is C43H48N4O6S3. The molecule has 0 aromatic heterocycles. The van der Waals surface area contributed by atoms with Crippen LogP contribution in [0.1, 0.15) is 50.7 Å². The maximum Gasteiger partial charge on any atom is 0.283 e. The molecule has 0 amide bonds. The molecule has 0 N–H and O–H groups in total. The van der Waals surface area contributed by atoms with E-state index in [0.717, 1.165) is 29.7 Å². The summed E-state index contributed by atoms with van der Waals surface area (Å²) >= 11 is 0. The molecule has 2 unspecified atom stereocenters. The molecule has 0 spiro atoms. The fraction of sp³-hybridized carbons (Fsp3) is 0.349. The van der Waals surface area contributed by atoms with Gasteiger partial charge in [-0.3, -0.25) is 0 Å². The van der Waals surface area contributed by atoms with E-state index in [2.05, 4.69) is 34.4 Å². The van der Waals surface area contributed by atoms with E-state index in [0.29, 0.717) is 56.1 Å². The van der Waals surface area contributed by atoms with Crippen molar-refractivity contribution in [2.24, 2.45) is 20.6 Å². The summed E-state index contributed by atoms with van der Waals surface area (Å²) in [7, 11) is -8.49. The molecule has 4 aromatic carbocycles. The van der Waals surface area contributed by atoms with Gasteiger partial charge in [0.15, 0.2) is 0 Å². The Morgan fingerprint density at radius 2 is 1.04 bits per heavy atom. The van der Waals surface area contributed by atoms with Gasteiger partial charge in [0, 0.05) is 49.7 Å². The summed E-state index contributed by atoms with van der Waals surface area (Å²) in [4.78, 5) is 0.0924. The van der Waals surface area contributed by atoms with E-state index in [1.54, 1.807) is 41.9 Å². The lowest BCUT2D eigenvalue weighted by atomic mass is 9.78. The largest absolute Gasteiger partial charge is 0.497 e. The Labute approximate surface area is 333 Å². The lowest BCUT2D eigenvalue weighted by Gasteiger charge is -2.31. The average Bonchev–Trinajstić information content (AvgIpc) is 3.21. The van der Waals surface area contributed by atoms with Gasteiger partial charge in [0.05, 0.1) is 28.3 Å². The van der Waals surface area contributed by atoms with Crippen molar-refractivity contribution in [1.82, 2.24) is 8.61 Å². The summed E-state index contributed by atoms with van der Waals surface area (Å²) in [6, 6.07) is 27.4. The SMILES string of the molecule is C#CC1CCN(S(C)(=O)=Nc2ccc(S(=O)(=O)c3ccc(N=S(=O)(Oc4ccc(C(C)(C)c5ccc(OC)cc5)cc4)N4CCC(C#C)CC4)cc3)cc2)CC1. The van der Waals surface area contributed by atoms with Crippen LogP contribution in [0.25, 0.3) is 0 Å². The topological polar surface area (TPSA) is 118 Å². The van der Waals surface area contributed by atoms with Gasteiger partial charge >= 0.3 is 0 Å². The molecule has 0 radical (unpaired) electrons. The predicted molar refractivity (Wildman–Crippen MR) is 223 cm³/mol. The number of terminal acetylenes is 2. The van der Waals surface area contributed by atoms with Crippen molar-refractivity contribution in [3.05, 3.63) is 108 Å². The number of rotatable bonds is 11. The minimum Gasteiger partial charge on any atom is -0.497 e. The summed E-state index contributed by atoms with van der Waals surface area (Å²) in [5.41, 5.74) is 2.53. The van der Waals surface area contributed by atoms with Gasteiger partial charge in [-0.15, -0.1) is 24.7 Å². The van der Waals surface area contributed by atoms with Crippen molar-refractivity contribution in [2.75, 3.05) is 39.5 Å². The first-order chi connectivity index (χ1) is 26.7. The highest BCUT2D eigenvalue weighted by Crippen LogP contribution is 2.35. The molecule has 294 valence electrons. The number of methoxy groups -OCH3 is 1. The highest BCUT2D eigenvalue weighted by molar-refractivity contribution is 7.91. The van der Waals surface area contributed by atoms with Crippen LogP contribution in [0.15, 0.2) is 116 Å². The second-order valence-electron chi connectivity index (χ2n) is 14.6. The molecule has 2 aliphatic heterocycles. The van der Waals surface area contributed by atoms with Crippen molar-refractivity contribution in [2.45, 2.75) is 54.7 Å². The van der Waals surface area contributed by atoms with Crippen LogP contribution in [0.4, 0.5) is 11.4 Å². The zero-order valence-electron chi connectivity index (χ0n) is 32.2. The zero-order valence-corrected chi connectivity index (χ0v) is 34.6. The van der Waals surface area contributed by atoms with Gasteiger partial charge in [-0.05, 0) is 110 Å². The van der Waals surface area contributed by atoms with Crippen molar-refractivity contribution in [3.63, 3.8) is 0 Å². The van der Waals surface area contributed by atoms with Crippen molar-refractivity contribution in [3.8, 4) is 36.2 Å². The molecule has 2 aliphatic rings. The molecular weight excluding hydrogens is 765 g/mol. The van der Waals surface area contributed by atoms with E-state index in [4.69, 9.17) is 21.8 Å². The Kier molecular flexibility index (Phi) is 12.3. The number of benzene rings is 4. The van der Waals surface area contributed by atoms with Gasteiger partial charge in [-0.2, -0.15) is 17.2 Å². The van der Waals surface area contributed by atoms with Crippen molar-refractivity contribution >= 4 is 41.3 Å². The normalized spacial score (nSPS) is 18.4. The number of hydrogen-bond acceptors (Lipinski definition) is 8. The fourth-order valence-electron chi connectivity index (χ4n) is 6.87. The lowest BCUT2D eigenvalue weighted by molar-refractivity contribution is 0.302.